The van der Waals surface area contributed by atoms with Crippen molar-refractivity contribution in [3.8, 4) is 46.0 Å². The molecule has 0 spiro atoms. The van der Waals surface area contributed by atoms with Crippen LogP contribution in [0.5, 0.6) is 46.0 Å². The monoisotopic (exact) mass is 916 g/mol. The number of thiophene rings is 2. The smallest absolute Gasteiger partial charge is 0.273 e. The third-order valence-corrected chi connectivity index (χ3v) is 17.5. The van der Waals surface area contributed by atoms with Gasteiger partial charge in [-0.2, -0.15) is 0 Å². The van der Waals surface area contributed by atoms with Crippen LogP contribution in [0.15, 0.2) is 188 Å². The van der Waals surface area contributed by atoms with Crippen molar-refractivity contribution in [2.45, 2.75) is 0 Å². The van der Waals surface area contributed by atoms with Crippen molar-refractivity contribution in [1.29, 1.82) is 0 Å². The normalized spacial score (nSPS) is 14.4. The van der Waals surface area contributed by atoms with Crippen LogP contribution >= 0.6 is 22.7 Å². The van der Waals surface area contributed by atoms with Crippen molar-refractivity contribution in [2.75, 3.05) is 9.80 Å². The minimum Gasteiger partial charge on any atom is -0.459 e. The topological polar surface area (TPSA) is 43.4 Å². The van der Waals surface area contributed by atoms with Gasteiger partial charge in [0.2, 0.25) is 0 Å². The lowest BCUT2D eigenvalue weighted by Crippen LogP contribution is -2.66. The Hall–Kier alpha value is -8.11. The fourth-order valence-electron chi connectivity index (χ4n) is 12.4. The van der Waals surface area contributed by atoms with Gasteiger partial charge in [0.15, 0.2) is 0 Å². The summed E-state index contributed by atoms with van der Waals surface area (Å²) in [7, 11) is 0. The van der Waals surface area contributed by atoms with E-state index in [4.69, 9.17) is 18.9 Å². The molecular weight excluding hydrogens is 885 g/mol. The SMILES string of the molecule is c1ccc(N2c3cccc4c3B(c3c2cc2c5c3Oc3ccccc3B5c3sc5ccccc5c3O2)c2c(cc3c5c2Oc2ccccc2B5c2sc5ccccc5c2O3)N4c2ccccc2)cc1. The van der Waals surface area contributed by atoms with Crippen LogP contribution in [0, 0.1) is 0 Å². The number of ether oxygens (including phenoxy) is 4. The molecule has 318 valence electrons. The first-order valence-corrected chi connectivity index (χ1v) is 25.1. The Morgan fingerprint density at radius 3 is 1.23 bits per heavy atom. The maximum absolute atomic E-state index is 7.51. The molecule has 11 aromatic rings. The Kier molecular flexibility index (Phi) is 7.13. The first-order chi connectivity index (χ1) is 34.2. The van der Waals surface area contributed by atoms with Crippen LogP contribution in [-0.4, -0.2) is 20.1 Å². The van der Waals surface area contributed by atoms with Gasteiger partial charge in [-0.25, -0.2) is 0 Å². The molecule has 0 fully saturated rings. The van der Waals surface area contributed by atoms with Gasteiger partial charge in [-0.15, -0.1) is 22.7 Å². The fraction of sp³-hybridized carbons (Fsp3) is 0. The molecule has 69 heavy (non-hydrogen) atoms. The largest absolute Gasteiger partial charge is 0.459 e. The zero-order valence-electron chi connectivity index (χ0n) is 36.5. The summed E-state index contributed by atoms with van der Waals surface area (Å²) in [6.07, 6.45) is 0. The summed E-state index contributed by atoms with van der Waals surface area (Å²) in [6, 6.07) is 67.3. The predicted octanol–water partition coefficient (Wildman–Crippen LogP) is 9.65. The van der Waals surface area contributed by atoms with Gasteiger partial charge in [-0.05, 0) is 100 Å². The minimum absolute atomic E-state index is 0.105. The highest BCUT2D eigenvalue weighted by atomic mass is 32.1. The second kappa shape index (κ2) is 13.3. The molecule has 8 heterocycles. The second-order valence-electron chi connectivity index (χ2n) is 18.5. The molecule has 0 saturated heterocycles. The maximum atomic E-state index is 7.51. The van der Waals surface area contributed by atoms with Crippen molar-refractivity contribution in [1.82, 2.24) is 0 Å². The van der Waals surface area contributed by atoms with Gasteiger partial charge in [-0.3, -0.25) is 0 Å². The Labute approximate surface area is 405 Å². The van der Waals surface area contributed by atoms with Crippen molar-refractivity contribution >= 4 is 145 Å². The van der Waals surface area contributed by atoms with Crippen LogP contribution < -0.4 is 76.5 Å². The van der Waals surface area contributed by atoms with Crippen LogP contribution in [0.3, 0.4) is 0 Å². The van der Waals surface area contributed by atoms with E-state index in [-0.39, 0.29) is 20.1 Å². The van der Waals surface area contributed by atoms with E-state index in [1.165, 1.54) is 24.4 Å². The Morgan fingerprint density at radius 1 is 0.319 bits per heavy atom. The Morgan fingerprint density at radius 2 is 0.739 bits per heavy atom. The number of benzene rings is 9. The zero-order chi connectivity index (χ0) is 44.6. The first-order valence-electron chi connectivity index (χ1n) is 23.4. The Bertz CT molecular complexity index is 3840. The molecule has 11 heteroatoms. The van der Waals surface area contributed by atoms with E-state index in [1.54, 1.807) is 0 Å². The molecule has 0 saturated carbocycles. The summed E-state index contributed by atoms with van der Waals surface area (Å²) in [5.41, 5.74) is 14.0. The van der Waals surface area contributed by atoms with Gasteiger partial charge in [0.25, 0.3) is 20.1 Å². The third kappa shape index (κ3) is 4.74. The molecule has 2 aromatic heterocycles. The van der Waals surface area contributed by atoms with Gasteiger partial charge in [0.05, 0.1) is 0 Å². The highest BCUT2D eigenvalue weighted by Gasteiger charge is 2.54. The second-order valence-corrected chi connectivity index (χ2v) is 20.7. The van der Waals surface area contributed by atoms with E-state index in [1.807, 2.05) is 22.7 Å². The van der Waals surface area contributed by atoms with Gasteiger partial charge >= 0.3 is 0 Å². The minimum atomic E-state index is -0.342. The summed E-state index contributed by atoms with van der Waals surface area (Å²) in [5.74, 6) is 6.85. The fourth-order valence-corrected chi connectivity index (χ4v) is 14.9. The standard InChI is InChI=1S/C58H31B3N2O4S2/c1-3-16-32(17-4-1)62-38-24-15-25-39-48(38)61(49-40(62)30-44-51-55(49)64-42-26-11-9-22-36(42)59(51)57-53(66-44)34-20-7-13-28-46(34)68-57)50-41(63(39)33-18-5-2-6-19-33)31-45-52-56(50)65-43-27-12-10-23-37(43)60(52)58-54(67-45)35-21-8-14-29-47(35)69-58/h1-31H. The molecular formula is C58H31B3N2O4S2. The lowest BCUT2D eigenvalue weighted by Gasteiger charge is -2.47. The number of anilines is 6. The van der Waals surface area contributed by atoms with Gasteiger partial charge in [0, 0.05) is 86.9 Å². The van der Waals surface area contributed by atoms with Crippen molar-refractivity contribution < 1.29 is 18.9 Å². The van der Waals surface area contributed by atoms with Crippen molar-refractivity contribution in [2.24, 2.45) is 0 Å². The van der Waals surface area contributed by atoms with Crippen LogP contribution in [0.1, 0.15) is 0 Å². The van der Waals surface area contributed by atoms with Crippen LogP contribution in [0.4, 0.5) is 34.1 Å². The molecule has 0 N–H and O–H groups in total. The average Bonchev–Trinajstić information content (AvgIpc) is 3.97. The molecule has 0 atom stereocenters. The summed E-state index contributed by atoms with van der Waals surface area (Å²) >= 11 is 3.64. The number of hydrogen-bond donors (Lipinski definition) is 0. The molecule has 6 aliphatic rings. The number of rotatable bonds is 2. The highest BCUT2D eigenvalue weighted by Crippen LogP contribution is 2.51. The van der Waals surface area contributed by atoms with E-state index in [0.717, 1.165) is 124 Å². The zero-order valence-corrected chi connectivity index (χ0v) is 38.1. The Balaban J connectivity index is 1.02. The van der Waals surface area contributed by atoms with Crippen LogP contribution in [0.2, 0.25) is 0 Å². The van der Waals surface area contributed by atoms with Gasteiger partial charge in [-0.1, -0.05) is 103 Å². The summed E-state index contributed by atoms with van der Waals surface area (Å²) in [6.45, 7) is -0.552. The molecule has 17 rings (SSSR count). The first kappa shape index (κ1) is 36.9. The number of nitrogens with zero attached hydrogens (tertiary/aromatic N) is 2. The molecule has 6 nitrogen and oxygen atoms in total. The number of hydrogen-bond acceptors (Lipinski definition) is 8. The van der Waals surface area contributed by atoms with E-state index in [0.29, 0.717) is 0 Å². The molecule has 6 aliphatic heterocycles. The summed E-state index contributed by atoms with van der Waals surface area (Å²) in [5, 5.41) is 2.26. The molecule has 0 amide bonds. The summed E-state index contributed by atoms with van der Waals surface area (Å²) in [4.78, 5) is 4.85. The van der Waals surface area contributed by atoms with Gasteiger partial charge in [0.1, 0.15) is 46.0 Å². The molecule has 0 bridgehead atoms. The van der Waals surface area contributed by atoms with Crippen LogP contribution in [-0.2, 0) is 0 Å². The average molecular weight is 916 g/mol. The summed E-state index contributed by atoms with van der Waals surface area (Å²) < 4.78 is 34.4. The van der Waals surface area contributed by atoms with Crippen molar-refractivity contribution in [3.05, 3.63) is 188 Å². The van der Waals surface area contributed by atoms with E-state index in [2.05, 4.69) is 198 Å². The van der Waals surface area contributed by atoms with E-state index < -0.39 is 0 Å². The van der Waals surface area contributed by atoms with Crippen molar-refractivity contribution in [3.63, 3.8) is 0 Å². The molecule has 0 unspecified atom stereocenters. The quantitative estimate of drug-likeness (QED) is 0.161. The number of para-hydroxylation sites is 4. The third-order valence-electron chi connectivity index (χ3n) is 15.1. The lowest BCUT2D eigenvalue weighted by atomic mass is 9.29. The molecule has 0 radical (unpaired) electrons. The molecule has 0 aliphatic carbocycles. The maximum Gasteiger partial charge on any atom is 0.273 e. The van der Waals surface area contributed by atoms with Gasteiger partial charge < -0.3 is 28.7 Å². The lowest BCUT2D eigenvalue weighted by molar-refractivity contribution is 0.470. The van der Waals surface area contributed by atoms with Crippen LogP contribution in [0.25, 0.3) is 20.2 Å². The predicted molar refractivity (Wildman–Crippen MR) is 287 cm³/mol. The van der Waals surface area contributed by atoms with E-state index >= 15 is 0 Å². The highest BCUT2D eigenvalue weighted by molar-refractivity contribution is 7.33. The number of fused-ring (bicyclic) bond motifs is 18. The van der Waals surface area contributed by atoms with E-state index in [9.17, 15) is 0 Å². The molecule has 9 aromatic carbocycles.